The topological polar surface area (TPSA) is 91.2 Å². The third-order valence-electron chi connectivity index (χ3n) is 5.59. The summed E-state index contributed by atoms with van der Waals surface area (Å²) in [7, 11) is 0. The normalized spacial score (nSPS) is 11.6. The predicted molar refractivity (Wildman–Crippen MR) is 130 cm³/mol. The van der Waals surface area contributed by atoms with Crippen LogP contribution >= 0.6 is 0 Å². The van der Waals surface area contributed by atoms with Crippen LogP contribution in [0.3, 0.4) is 0 Å². The molecule has 2 aromatic heterocycles. The number of carbonyl (C=O) groups is 1. The van der Waals surface area contributed by atoms with Crippen LogP contribution in [0, 0.1) is 0 Å². The summed E-state index contributed by atoms with van der Waals surface area (Å²) < 4.78 is 0. The molecule has 3 aromatic carbocycles. The third-order valence-corrected chi connectivity index (χ3v) is 5.59. The molecule has 0 atom stereocenters. The molecule has 0 spiro atoms. The first-order chi connectivity index (χ1) is 16.1. The van der Waals surface area contributed by atoms with Crippen molar-refractivity contribution in [3.63, 3.8) is 0 Å². The molecule has 0 unspecified atom stereocenters. The van der Waals surface area contributed by atoms with Gasteiger partial charge in [0.2, 0.25) is 0 Å². The summed E-state index contributed by atoms with van der Waals surface area (Å²) in [6, 6.07) is 24.7. The summed E-state index contributed by atoms with van der Waals surface area (Å²) in [6.07, 6.45) is 3.72. The minimum atomic E-state index is -0.950. The Hall–Kier alpha value is -4.58. The number of aromatic carboxylic acids is 1. The summed E-state index contributed by atoms with van der Waals surface area (Å²) in [4.78, 5) is 19.0. The summed E-state index contributed by atoms with van der Waals surface area (Å²) in [5.74, 6) is -0.950. The number of aromatic amines is 1. The molecule has 0 aliphatic rings. The summed E-state index contributed by atoms with van der Waals surface area (Å²) >= 11 is 0. The lowest BCUT2D eigenvalue weighted by atomic mass is 9.98. The number of para-hydroxylation sites is 1. The standard InChI is InChI=1S/C27H20N4O2/c1-17(30-21-12-10-20(11-13-21)27(32)33)18-6-8-19(9-7-18)26-23(14-15-29-31-26)24-16-28-25-5-3-2-4-22(24)25/h2-16,28H,1H3,(H,32,33). The van der Waals surface area contributed by atoms with E-state index >= 15 is 0 Å². The van der Waals surface area contributed by atoms with Crippen molar-refractivity contribution in [3.8, 4) is 22.4 Å². The van der Waals surface area contributed by atoms with Crippen LogP contribution in [0.2, 0.25) is 0 Å². The smallest absolute Gasteiger partial charge is 0.335 e. The molecule has 0 amide bonds. The van der Waals surface area contributed by atoms with E-state index in [2.05, 4.69) is 32.3 Å². The molecular formula is C27H20N4O2. The van der Waals surface area contributed by atoms with Crippen molar-refractivity contribution in [1.82, 2.24) is 15.2 Å². The zero-order valence-corrected chi connectivity index (χ0v) is 17.9. The molecule has 33 heavy (non-hydrogen) atoms. The Bertz CT molecular complexity index is 1480. The van der Waals surface area contributed by atoms with Crippen LogP contribution in [-0.4, -0.2) is 32.0 Å². The molecule has 5 aromatic rings. The van der Waals surface area contributed by atoms with Gasteiger partial charge in [-0.15, -0.1) is 5.10 Å². The Morgan fingerprint density at radius 1 is 0.879 bits per heavy atom. The fourth-order valence-corrected chi connectivity index (χ4v) is 3.86. The Morgan fingerprint density at radius 3 is 2.36 bits per heavy atom. The number of carboxylic acid groups (broad SMARTS) is 1. The Kier molecular flexibility index (Phi) is 5.24. The number of carboxylic acids is 1. The van der Waals surface area contributed by atoms with Gasteiger partial charge >= 0.3 is 5.97 Å². The molecule has 2 heterocycles. The van der Waals surface area contributed by atoms with Crippen LogP contribution in [0.15, 0.2) is 96.2 Å². The lowest BCUT2D eigenvalue weighted by Gasteiger charge is -2.08. The van der Waals surface area contributed by atoms with Crippen LogP contribution in [0.4, 0.5) is 5.69 Å². The zero-order chi connectivity index (χ0) is 22.8. The van der Waals surface area contributed by atoms with Gasteiger partial charge in [-0.05, 0) is 48.9 Å². The van der Waals surface area contributed by atoms with Crippen LogP contribution in [0.25, 0.3) is 33.3 Å². The highest BCUT2D eigenvalue weighted by molar-refractivity contribution is 6.01. The van der Waals surface area contributed by atoms with Gasteiger partial charge < -0.3 is 10.1 Å². The molecular weight excluding hydrogens is 412 g/mol. The van der Waals surface area contributed by atoms with Crippen molar-refractivity contribution in [2.45, 2.75) is 6.92 Å². The maximum Gasteiger partial charge on any atom is 0.335 e. The molecule has 5 rings (SSSR count). The molecule has 6 nitrogen and oxygen atoms in total. The Labute approximate surface area is 190 Å². The number of fused-ring (bicyclic) bond motifs is 1. The minimum absolute atomic E-state index is 0.242. The highest BCUT2D eigenvalue weighted by atomic mass is 16.4. The Morgan fingerprint density at radius 2 is 1.61 bits per heavy atom. The molecule has 0 aliphatic carbocycles. The summed E-state index contributed by atoms with van der Waals surface area (Å²) in [6.45, 7) is 1.93. The van der Waals surface area contributed by atoms with Gasteiger partial charge in [-0.25, -0.2) is 4.79 Å². The van der Waals surface area contributed by atoms with Gasteiger partial charge in [0.05, 0.1) is 17.4 Å². The quantitative estimate of drug-likeness (QED) is 0.327. The van der Waals surface area contributed by atoms with E-state index in [1.807, 2.05) is 55.6 Å². The molecule has 0 radical (unpaired) electrons. The van der Waals surface area contributed by atoms with E-state index in [9.17, 15) is 4.79 Å². The Balaban J connectivity index is 1.46. The number of aromatic nitrogens is 3. The first kappa shape index (κ1) is 20.3. The molecule has 160 valence electrons. The second-order valence-electron chi connectivity index (χ2n) is 7.67. The van der Waals surface area contributed by atoms with Crippen molar-refractivity contribution in [2.24, 2.45) is 4.99 Å². The first-order valence-corrected chi connectivity index (χ1v) is 10.5. The van der Waals surface area contributed by atoms with E-state index < -0.39 is 5.97 Å². The molecule has 0 saturated heterocycles. The highest BCUT2D eigenvalue weighted by Crippen LogP contribution is 2.34. The molecule has 0 bridgehead atoms. The maximum atomic E-state index is 11.0. The van der Waals surface area contributed by atoms with E-state index in [1.54, 1.807) is 30.5 Å². The van der Waals surface area contributed by atoms with Gasteiger partial charge in [-0.3, -0.25) is 4.99 Å². The second kappa shape index (κ2) is 8.51. The van der Waals surface area contributed by atoms with Crippen molar-refractivity contribution in [2.75, 3.05) is 0 Å². The number of nitrogens with zero attached hydrogens (tertiary/aromatic N) is 3. The van der Waals surface area contributed by atoms with E-state index in [-0.39, 0.29) is 5.56 Å². The van der Waals surface area contributed by atoms with Gasteiger partial charge in [0.1, 0.15) is 5.69 Å². The SMILES string of the molecule is CC(=Nc1ccc(C(=O)O)cc1)c1ccc(-c2nnccc2-c2c[nH]c3ccccc23)cc1. The molecule has 0 saturated carbocycles. The highest BCUT2D eigenvalue weighted by Gasteiger charge is 2.13. The summed E-state index contributed by atoms with van der Waals surface area (Å²) in [5.41, 5.74) is 7.70. The van der Waals surface area contributed by atoms with Gasteiger partial charge in [0.15, 0.2) is 0 Å². The van der Waals surface area contributed by atoms with Gasteiger partial charge in [0, 0.05) is 39.5 Å². The number of aliphatic imine (C=N–C) groups is 1. The summed E-state index contributed by atoms with van der Waals surface area (Å²) in [5, 5.41) is 18.7. The van der Waals surface area contributed by atoms with E-state index in [0.29, 0.717) is 5.69 Å². The van der Waals surface area contributed by atoms with Gasteiger partial charge in [-0.1, -0.05) is 42.5 Å². The average molecular weight is 432 g/mol. The number of H-pyrrole nitrogens is 1. The van der Waals surface area contributed by atoms with Crippen LogP contribution in [0.1, 0.15) is 22.8 Å². The predicted octanol–water partition coefficient (Wildman–Crippen LogP) is 6.13. The van der Waals surface area contributed by atoms with Gasteiger partial charge in [0.25, 0.3) is 0 Å². The third kappa shape index (κ3) is 4.02. The van der Waals surface area contributed by atoms with Crippen LogP contribution in [0.5, 0.6) is 0 Å². The minimum Gasteiger partial charge on any atom is -0.478 e. The number of rotatable bonds is 5. The number of benzene rings is 3. The van der Waals surface area contributed by atoms with E-state index in [4.69, 9.17) is 5.11 Å². The van der Waals surface area contributed by atoms with Crippen LogP contribution < -0.4 is 0 Å². The van der Waals surface area contributed by atoms with Crippen molar-refractivity contribution in [3.05, 3.63) is 102 Å². The van der Waals surface area contributed by atoms with E-state index in [0.717, 1.165) is 44.6 Å². The number of nitrogens with one attached hydrogen (secondary N) is 1. The largest absolute Gasteiger partial charge is 0.478 e. The van der Waals surface area contributed by atoms with E-state index in [1.165, 1.54) is 0 Å². The molecule has 0 aliphatic heterocycles. The van der Waals surface area contributed by atoms with Crippen molar-refractivity contribution >= 4 is 28.3 Å². The average Bonchev–Trinajstić information content (AvgIpc) is 3.28. The maximum absolute atomic E-state index is 11.0. The fraction of sp³-hybridized carbons (Fsp3) is 0.0370. The fourth-order valence-electron chi connectivity index (χ4n) is 3.86. The molecule has 2 N–H and O–H groups in total. The van der Waals surface area contributed by atoms with Crippen molar-refractivity contribution < 1.29 is 9.90 Å². The van der Waals surface area contributed by atoms with Crippen molar-refractivity contribution in [1.29, 1.82) is 0 Å². The number of hydrogen-bond donors (Lipinski definition) is 2. The molecule has 6 heteroatoms. The van der Waals surface area contributed by atoms with Gasteiger partial charge in [-0.2, -0.15) is 5.10 Å². The van der Waals surface area contributed by atoms with Crippen LogP contribution in [-0.2, 0) is 0 Å². The number of hydrogen-bond acceptors (Lipinski definition) is 4. The lowest BCUT2D eigenvalue weighted by molar-refractivity contribution is 0.0697. The second-order valence-corrected chi connectivity index (χ2v) is 7.67. The zero-order valence-electron chi connectivity index (χ0n) is 17.9. The molecule has 0 fully saturated rings. The monoisotopic (exact) mass is 432 g/mol. The lowest BCUT2D eigenvalue weighted by Crippen LogP contribution is -1.96. The first-order valence-electron chi connectivity index (χ1n) is 10.5.